The van der Waals surface area contributed by atoms with Crippen molar-refractivity contribution >= 4 is 28.9 Å². The van der Waals surface area contributed by atoms with E-state index in [0.29, 0.717) is 5.56 Å². The predicted molar refractivity (Wildman–Crippen MR) is 107 cm³/mol. The van der Waals surface area contributed by atoms with Gasteiger partial charge in [-0.25, -0.2) is 0 Å². The van der Waals surface area contributed by atoms with Crippen molar-refractivity contribution in [3.63, 3.8) is 0 Å². The second kappa shape index (κ2) is 7.36. The number of phenols is 1. The largest absolute Gasteiger partial charge is 0.508 e. The number of hydrogen-bond acceptors (Lipinski definition) is 4. The quantitative estimate of drug-likeness (QED) is 0.595. The number of phenolic OH excluding ortho intramolecular Hbond substituents is 1. The average Bonchev–Trinajstić information content (AvgIpc) is 2.89. The molecule has 1 saturated heterocycles. The van der Waals surface area contributed by atoms with Crippen molar-refractivity contribution in [2.45, 2.75) is 18.6 Å². The number of amides is 1. The molecule has 1 aliphatic heterocycles. The molecule has 3 rings (SSSR count). The molecule has 152 valence electrons. The number of alkyl halides is 3. The average molecular weight is 429 g/mol. The van der Waals surface area contributed by atoms with Crippen molar-refractivity contribution < 1.29 is 23.1 Å². The van der Waals surface area contributed by atoms with Gasteiger partial charge in [-0.3, -0.25) is 9.69 Å². The summed E-state index contributed by atoms with van der Waals surface area (Å²) in [6, 6.07) is 10.3. The zero-order valence-corrected chi connectivity index (χ0v) is 16.4. The molecule has 2 aromatic rings. The fraction of sp³-hybridized carbons (Fsp3) is 0.190. The van der Waals surface area contributed by atoms with E-state index in [1.54, 1.807) is 6.92 Å². The molecular formula is C21H14F3N3O2S. The third kappa shape index (κ3) is 3.23. The van der Waals surface area contributed by atoms with E-state index >= 15 is 0 Å². The first-order valence-electron chi connectivity index (χ1n) is 8.56. The van der Waals surface area contributed by atoms with Crippen LogP contribution in [0.1, 0.15) is 23.6 Å². The molecular weight excluding hydrogens is 415 g/mol. The van der Waals surface area contributed by atoms with E-state index in [9.17, 15) is 23.1 Å². The predicted octanol–water partition coefficient (Wildman–Crippen LogP) is 3.76. The first-order chi connectivity index (χ1) is 14.1. The van der Waals surface area contributed by atoms with E-state index in [2.05, 4.69) is 5.92 Å². The van der Waals surface area contributed by atoms with Gasteiger partial charge < -0.3 is 10.0 Å². The maximum atomic E-state index is 13.4. The molecule has 0 bridgehead atoms. The summed E-state index contributed by atoms with van der Waals surface area (Å²) >= 11 is 5.40. The molecule has 1 atom stereocenters. The van der Waals surface area contributed by atoms with Crippen LogP contribution in [0, 0.1) is 23.7 Å². The Morgan fingerprint density at radius 3 is 2.40 bits per heavy atom. The second-order valence-electron chi connectivity index (χ2n) is 6.67. The van der Waals surface area contributed by atoms with Gasteiger partial charge in [-0.1, -0.05) is 18.1 Å². The Hall–Kier alpha value is -3.56. The van der Waals surface area contributed by atoms with E-state index in [1.165, 1.54) is 41.3 Å². The van der Waals surface area contributed by atoms with Gasteiger partial charge in [0.05, 0.1) is 29.4 Å². The Kier molecular flexibility index (Phi) is 5.19. The SMILES string of the molecule is C#CCN1C(=S)N(c2ccc(C#N)c(C(F)(F)F)c2)C(=O)C1(C)c1ccc(O)cc1. The first kappa shape index (κ1) is 21.2. The lowest BCUT2D eigenvalue weighted by Crippen LogP contribution is -2.44. The Morgan fingerprint density at radius 1 is 1.23 bits per heavy atom. The summed E-state index contributed by atoms with van der Waals surface area (Å²) in [5, 5.41) is 18.5. The summed E-state index contributed by atoms with van der Waals surface area (Å²) in [4.78, 5) is 15.9. The topological polar surface area (TPSA) is 67.6 Å². The molecule has 9 heteroatoms. The Morgan fingerprint density at radius 2 is 1.87 bits per heavy atom. The highest BCUT2D eigenvalue weighted by Crippen LogP contribution is 2.41. The minimum atomic E-state index is -4.79. The summed E-state index contributed by atoms with van der Waals surface area (Å²) in [7, 11) is 0. The van der Waals surface area contributed by atoms with E-state index in [4.69, 9.17) is 23.9 Å². The van der Waals surface area contributed by atoms with Crippen molar-refractivity contribution in [2.24, 2.45) is 0 Å². The van der Waals surface area contributed by atoms with Crippen LogP contribution in [0.15, 0.2) is 42.5 Å². The third-order valence-electron chi connectivity index (χ3n) is 4.95. The molecule has 0 aromatic heterocycles. The van der Waals surface area contributed by atoms with Crippen molar-refractivity contribution in [3.05, 3.63) is 59.2 Å². The monoisotopic (exact) mass is 429 g/mol. The van der Waals surface area contributed by atoms with Crippen LogP contribution in [0.2, 0.25) is 0 Å². The number of thiocarbonyl (C=S) groups is 1. The summed E-state index contributed by atoms with van der Waals surface area (Å²) < 4.78 is 40.2. The highest BCUT2D eigenvalue weighted by atomic mass is 32.1. The van der Waals surface area contributed by atoms with Crippen LogP contribution < -0.4 is 4.90 Å². The minimum Gasteiger partial charge on any atom is -0.508 e. The van der Waals surface area contributed by atoms with Crippen molar-refractivity contribution in [1.82, 2.24) is 4.90 Å². The number of nitrogens with zero attached hydrogens (tertiary/aromatic N) is 3. The standard InChI is InChI=1S/C21H14F3N3O2S/c1-3-10-26-19(30)27(15-7-4-13(12-25)17(11-15)21(22,23)24)18(29)20(26,2)14-5-8-16(28)9-6-14/h1,4-9,11,28H,10H2,2H3. The Bertz CT molecular complexity index is 1120. The molecule has 0 aliphatic carbocycles. The lowest BCUT2D eigenvalue weighted by atomic mass is 9.90. The van der Waals surface area contributed by atoms with Crippen LogP contribution in [0.5, 0.6) is 5.75 Å². The Balaban J connectivity index is 2.17. The normalized spacial score (nSPS) is 19.0. The fourth-order valence-electron chi connectivity index (χ4n) is 3.35. The zero-order chi connectivity index (χ0) is 22.3. The van der Waals surface area contributed by atoms with Crippen molar-refractivity contribution in [3.8, 4) is 24.2 Å². The second-order valence-corrected chi connectivity index (χ2v) is 7.04. The molecule has 1 heterocycles. The molecule has 1 unspecified atom stereocenters. The lowest BCUT2D eigenvalue weighted by Gasteiger charge is -2.31. The van der Waals surface area contributed by atoms with Crippen LogP contribution in [-0.2, 0) is 16.5 Å². The van der Waals surface area contributed by atoms with Crippen LogP contribution in [-0.4, -0.2) is 27.6 Å². The van der Waals surface area contributed by atoms with Crippen LogP contribution >= 0.6 is 12.2 Å². The molecule has 1 aliphatic rings. The number of halogens is 3. The molecule has 30 heavy (non-hydrogen) atoms. The number of rotatable bonds is 3. The van der Waals surface area contributed by atoms with E-state index in [0.717, 1.165) is 17.0 Å². The zero-order valence-electron chi connectivity index (χ0n) is 15.6. The maximum absolute atomic E-state index is 13.4. The fourth-order valence-corrected chi connectivity index (χ4v) is 3.78. The summed E-state index contributed by atoms with van der Waals surface area (Å²) in [6.07, 6.45) is 0.649. The van der Waals surface area contributed by atoms with Gasteiger partial charge in [-0.2, -0.15) is 18.4 Å². The number of carbonyl (C=O) groups excluding carboxylic acids is 1. The molecule has 1 amide bonds. The van der Waals surface area contributed by atoms with Gasteiger partial charge >= 0.3 is 6.18 Å². The van der Waals surface area contributed by atoms with Gasteiger partial charge in [-0.15, -0.1) is 6.42 Å². The van der Waals surface area contributed by atoms with Crippen molar-refractivity contribution in [1.29, 1.82) is 5.26 Å². The van der Waals surface area contributed by atoms with E-state index in [-0.39, 0.29) is 23.1 Å². The number of anilines is 1. The molecule has 0 saturated carbocycles. The van der Waals surface area contributed by atoms with Gasteiger partial charge in [0.2, 0.25) is 0 Å². The van der Waals surface area contributed by atoms with E-state index < -0.39 is 28.7 Å². The molecule has 5 nitrogen and oxygen atoms in total. The Labute approximate surface area is 175 Å². The van der Waals surface area contributed by atoms with Crippen LogP contribution in [0.3, 0.4) is 0 Å². The van der Waals surface area contributed by atoms with Gasteiger partial charge in [0.15, 0.2) is 5.11 Å². The van der Waals surface area contributed by atoms with Gasteiger partial charge in [-0.05, 0) is 55.0 Å². The van der Waals surface area contributed by atoms with Crippen LogP contribution in [0.4, 0.5) is 18.9 Å². The summed E-state index contributed by atoms with van der Waals surface area (Å²) in [5.74, 6) is 1.79. The number of benzene rings is 2. The third-order valence-corrected chi connectivity index (χ3v) is 5.35. The number of nitriles is 1. The van der Waals surface area contributed by atoms with Crippen LogP contribution in [0.25, 0.3) is 0 Å². The number of hydrogen-bond donors (Lipinski definition) is 1. The van der Waals surface area contributed by atoms with E-state index in [1.807, 2.05) is 0 Å². The lowest BCUT2D eigenvalue weighted by molar-refractivity contribution is -0.137. The molecule has 1 fully saturated rings. The number of carbonyl (C=O) groups is 1. The van der Waals surface area contributed by atoms with Gasteiger partial charge in [0, 0.05) is 0 Å². The van der Waals surface area contributed by atoms with Crippen molar-refractivity contribution in [2.75, 3.05) is 11.4 Å². The minimum absolute atomic E-state index is 0.0161. The summed E-state index contributed by atoms with van der Waals surface area (Å²) in [6.45, 7) is 1.49. The summed E-state index contributed by atoms with van der Waals surface area (Å²) in [5.41, 5.74) is -2.80. The highest BCUT2D eigenvalue weighted by Gasteiger charge is 2.53. The first-order valence-corrected chi connectivity index (χ1v) is 8.97. The smallest absolute Gasteiger partial charge is 0.417 e. The van der Waals surface area contributed by atoms with Gasteiger partial charge in [0.25, 0.3) is 5.91 Å². The number of terminal acetylenes is 1. The molecule has 2 aromatic carbocycles. The molecule has 0 spiro atoms. The molecule has 1 N–H and O–H groups in total. The van der Waals surface area contributed by atoms with Gasteiger partial charge in [0.1, 0.15) is 11.3 Å². The number of aromatic hydroxyl groups is 1. The maximum Gasteiger partial charge on any atom is 0.417 e. The molecule has 0 radical (unpaired) electrons. The highest BCUT2D eigenvalue weighted by molar-refractivity contribution is 7.80.